The van der Waals surface area contributed by atoms with Crippen LogP contribution in [0.4, 0.5) is 0 Å². The Kier molecular flexibility index (Phi) is 26.9. The molecule has 232 valence electrons. The number of hydrogen-bond acceptors (Lipinski definition) is 2. The topological polar surface area (TPSA) is 6.48 Å². The summed E-state index contributed by atoms with van der Waals surface area (Å²) >= 11 is 0. The van der Waals surface area contributed by atoms with Gasteiger partial charge in [0.15, 0.2) is 0 Å². The van der Waals surface area contributed by atoms with E-state index in [0.717, 1.165) is 0 Å². The predicted molar refractivity (Wildman–Crippen MR) is 177 cm³/mol. The first-order valence-electron chi connectivity index (χ1n) is 18.5. The van der Waals surface area contributed by atoms with Gasteiger partial charge in [0.1, 0.15) is 6.17 Å². The highest BCUT2D eigenvalue weighted by Gasteiger charge is 2.24. The SMILES string of the molecule is CCCCCCCCCCCCCCN1C=CN(CCCCCCCC)C1CCCCCCCCCCCC. The van der Waals surface area contributed by atoms with E-state index in [1.54, 1.807) is 0 Å². The monoisotopic (exact) mass is 547 g/mol. The second-order valence-corrected chi connectivity index (χ2v) is 12.9. The van der Waals surface area contributed by atoms with Gasteiger partial charge in [-0.15, -0.1) is 0 Å². The van der Waals surface area contributed by atoms with Crippen LogP contribution in [0.3, 0.4) is 0 Å². The standard InChI is InChI=1S/C37H74N2/c1-4-7-10-13-16-18-20-21-23-25-28-31-34-39-36-35-38(33-30-27-15-12-9-6-3)37(39)32-29-26-24-22-19-17-14-11-8-5-2/h35-37H,4-34H2,1-3H3. The summed E-state index contributed by atoms with van der Waals surface area (Å²) in [7, 11) is 0. The molecule has 0 N–H and O–H groups in total. The van der Waals surface area contributed by atoms with Crippen molar-refractivity contribution in [3.05, 3.63) is 12.4 Å². The van der Waals surface area contributed by atoms with Gasteiger partial charge in [-0.05, 0) is 25.7 Å². The van der Waals surface area contributed by atoms with Crippen LogP contribution in [0.5, 0.6) is 0 Å². The largest absolute Gasteiger partial charge is 0.356 e. The van der Waals surface area contributed by atoms with Crippen molar-refractivity contribution in [3.8, 4) is 0 Å². The van der Waals surface area contributed by atoms with Gasteiger partial charge in [0.25, 0.3) is 0 Å². The zero-order valence-corrected chi connectivity index (χ0v) is 27.5. The zero-order chi connectivity index (χ0) is 28.1. The molecule has 0 saturated heterocycles. The molecular formula is C37H74N2. The van der Waals surface area contributed by atoms with Gasteiger partial charge in [0, 0.05) is 25.5 Å². The van der Waals surface area contributed by atoms with Crippen LogP contribution < -0.4 is 0 Å². The van der Waals surface area contributed by atoms with E-state index in [9.17, 15) is 0 Å². The quantitative estimate of drug-likeness (QED) is 0.0798. The molecule has 0 saturated carbocycles. The van der Waals surface area contributed by atoms with Crippen molar-refractivity contribution in [1.82, 2.24) is 9.80 Å². The molecule has 1 aliphatic rings. The summed E-state index contributed by atoms with van der Waals surface area (Å²) in [6.45, 7) is 9.47. The van der Waals surface area contributed by atoms with E-state index in [0.29, 0.717) is 6.17 Å². The number of hydrogen-bond donors (Lipinski definition) is 0. The summed E-state index contributed by atoms with van der Waals surface area (Å²) in [5.74, 6) is 0. The van der Waals surface area contributed by atoms with E-state index in [2.05, 4.69) is 43.0 Å². The zero-order valence-electron chi connectivity index (χ0n) is 27.5. The predicted octanol–water partition coefficient (Wildman–Crippen LogP) is 12.8. The van der Waals surface area contributed by atoms with Crippen LogP contribution in [-0.4, -0.2) is 29.1 Å². The minimum atomic E-state index is 0.641. The molecule has 0 aliphatic carbocycles. The van der Waals surface area contributed by atoms with Crippen molar-refractivity contribution >= 4 is 0 Å². The van der Waals surface area contributed by atoms with Crippen molar-refractivity contribution in [2.75, 3.05) is 13.1 Å². The minimum absolute atomic E-state index is 0.641. The van der Waals surface area contributed by atoms with E-state index in [1.807, 2.05) is 0 Å². The Morgan fingerprint density at radius 1 is 0.333 bits per heavy atom. The third-order valence-electron chi connectivity index (χ3n) is 9.07. The van der Waals surface area contributed by atoms with Crippen molar-refractivity contribution in [2.45, 2.75) is 213 Å². The third kappa shape index (κ3) is 21.7. The van der Waals surface area contributed by atoms with Gasteiger partial charge in [0.2, 0.25) is 0 Å². The molecular weight excluding hydrogens is 472 g/mol. The smallest absolute Gasteiger partial charge is 0.101 e. The van der Waals surface area contributed by atoms with Crippen LogP contribution in [0.15, 0.2) is 12.4 Å². The molecule has 0 bridgehead atoms. The highest BCUT2D eigenvalue weighted by molar-refractivity contribution is 4.97. The Balaban J connectivity index is 2.21. The summed E-state index contributed by atoms with van der Waals surface area (Å²) in [6.07, 6.45) is 46.9. The molecule has 0 aromatic heterocycles. The van der Waals surface area contributed by atoms with Crippen molar-refractivity contribution in [3.63, 3.8) is 0 Å². The van der Waals surface area contributed by atoms with Crippen LogP contribution in [0.1, 0.15) is 207 Å². The molecule has 0 fully saturated rings. The number of unbranched alkanes of at least 4 members (excludes halogenated alkanes) is 25. The molecule has 0 radical (unpaired) electrons. The van der Waals surface area contributed by atoms with Gasteiger partial charge in [0.05, 0.1) is 0 Å². The molecule has 0 spiro atoms. The second-order valence-electron chi connectivity index (χ2n) is 12.9. The molecule has 2 heteroatoms. The third-order valence-corrected chi connectivity index (χ3v) is 9.07. The average Bonchev–Trinajstić information content (AvgIpc) is 3.33. The van der Waals surface area contributed by atoms with Crippen molar-refractivity contribution in [2.24, 2.45) is 0 Å². The fourth-order valence-corrected chi connectivity index (χ4v) is 6.36. The maximum absolute atomic E-state index is 2.71. The molecule has 1 atom stereocenters. The van der Waals surface area contributed by atoms with Crippen LogP contribution in [0, 0.1) is 0 Å². The summed E-state index contributed by atoms with van der Waals surface area (Å²) in [5, 5.41) is 0. The lowest BCUT2D eigenvalue weighted by molar-refractivity contribution is 0.135. The summed E-state index contributed by atoms with van der Waals surface area (Å²) in [5.41, 5.74) is 0. The first kappa shape index (κ1) is 36.4. The lowest BCUT2D eigenvalue weighted by Gasteiger charge is -2.33. The highest BCUT2D eigenvalue weighted by atomic mass is 15.4. The first-order valence-corrected chi connectivity index (χ1v) is 18.5. The van der Waals surface area contributed by atoms with Crippen molar-refractivity contribution < 1.29 is 0 Å². The van der Waals surface area contributed by atoms with Gasteiger partial charge in [-0.1, -0.05) is 181 Å². The fraction of sp³-hybridized carbons (Fsp3) is 0.946. The Labute approximate surface area is 248 Å². The highest BCUT2D eigenvalue weighted by Crippen LogP contribution is 2.24. The summed E-state index contributed by atoms with van der Waals surface area (Å²) in [4.78, 5) is 5.41. The summed E-state index contributed by atoms with van der Waals surface area (Å²) in [6, 6.07) is 0. The molecule has 1 aliphatic heterocycles. The number of nitrogens with zero attached hydrogens (tertiary/aromatic N) is 2. The lowest BCUT2D eigenvalue weighted by atomic mass is 10.0. The molecule has 39 heavy (non-hydrogen) atoms. The normalized spacial score (nSPS) is 15.2. The number of rotatable bonds is 31. The van der Waals surface area contributed by atoms with Gasteiger partial charge >= 0.3 is 0 Å². The fourth-order valence-electron chi connectivity index (χ4n) is 6.36. The Bertz CT molecular complexity index is 502. The average molecular weight is 547 g/mol. The van der Waals surface area contributed by atoms with E-state index in [1.165, 1.54) is 199 Å². The van der Waals surface area contributed by atoms with Crippen LogP contribution in [0.25, 0.3) is 0 Å². The molecule has 0 aromatic carbocycles. The lowest BCUT2D eigenvalue weighted by Crippen LogP contribution is -2.39. The minimum Gasteiger partial charge on any atom is -0.356 e. The van der Waals surface area contributed by atoms with Gasteiger partial charge < -0.3 is 9.80 Å². The van der Waals surface area contributed by atoms with E-state index >= 15 is 0 Å². The molecule has 1 unspecified atom stereocenters. The molecule has 0 amide bonds. The Hall–Kier alpha value is -0.660. The molecule has 1 rings (SSSR count). The van der Waals surface area contributed by atoms with E-state index in [-0.39, 0.29) is 0 Å². The van der Waals surface area contributed by atoms with E-state index < -0.39 is 0 Å². The van der Waals surface area contributed by atoms with Crippen LogP contribution in [-0.2, 0) is 0 Å². The molecule has 0 aromatic rings. The Morgan fingerprint density at radius 3 is 0.897 bits per heavy atom. The van der Waals surface area contributed by atoms with E-state index in [4.69, 9.17) is 0 Å². The van der Waals surface area contributed by atoms with Gasteiger partial charge in [-0.2, -0.15) is 0 Å². The Morgan fingerprint density at radius 2 is 0.590 bits per heavy atom. The van der Waals surface area contributed by atoms with Crippen LogP contribution in [0.2, 0.25) is 0 Å². The van der Waals surface area contributed by atoms with Crippen LogP contribution >= 0.6 is 0 Å². The maximum Gasteiger partial charge on any atom is 0.101 e. The molecule has 1 heterocycles. The second kappa shape index (κ2) is 28.9. The molecule has 2 nitrogen and oxygen atoms in total. The van der Waals surface area contributed by atoms with Gasteiger partial charge in [-0.3, -0.25) is 0 Å². The maximum atomic E-state index is 2.71. The van der Waals surface area contributed by atoms with Crippen molar-refractivity contribution in [1.29, 1.82) is 0 Å². The van der Waals surface area contributed by atoms with Gasteiger partial charge in [-0.25, -0.2) is 0 Å². The first-order chi connectivity index (χ1) is 19.3. The summed E-state index contributed by atoms with van der Waals surface area (Å²) < 4.78 is 0.